The van der Waals surface area contributed by atoms with Crippen molar-refractivity contribution >= 4 is 5.70 Å². The van der Waals surface area contributed by atoms with E-state index in [1.807, 2.05) is 25.3 Å². The molecule has 1 atom stereocenters. The molecular formula is C26H31NO2. The summed E-state index contributed by atoms with van der Waals surface area (Å²) in [6.07, 6.45) is 13.3. The van der Waals surface area contributed by atoms with Crippen LogP contribution < -0.4 is 4.74 Å². The Bertz CT molecular complexity index is 959. The lowest BCUT2D eigenvalue weighted by Gasteiger charge is -2.42. The van der Waals surface area contributed by atoms with Gasteiger partial charge in [0.2, 0.25) is 0 Å². The Morgan fingerprint density at radius 3 is 2.76 bits per heavy atom. The number of aliphatic hydroxyl groups is 1. The maximum atomic E-state index is 10.1. The molecule has 0 fully saturated rings. The molecule has 2 aliphatic rings. The van der Waals surface area contributed by atoms with Gasteiger partial charge in [-0.2, -0.15) is 0 Å². The number of ether oxygens (including phenoxy) is 1. The molecule has 1 unspecified atom stereocenters. The molecule has 0 saturated carbocycles. The Morgan fingerprint density at radius 2 is 2.14 bits per heavy atom. The van der Waals surface area contributed by atoms with Crippen molar-refractivity contribution in [1.29, 1.82) is 0 Å². The molecule has 3 heteroatoms. The summed E-state index contributed by atoms with van der Waals surface area (Å²) >= 11 is 0. The van der Waals surface area contributed by atoms with Gasteiger partial charge in [0.05, 0.1) is 13.2 Å². The normalized spacial score (nSPS) is 18.9. The molecule has 2 aliphatic heterocycles. The van der Waals surface area contributed by atoms with E-state index in [2.05, 4.69) is 56.2 Å². The molecular weight excluding hydrogens is 358 g/mol. The predicted octanol–water partition coefficient (Wildman–Crippen LogP) is 6.26. The van der Waals surface area contributed by atoms with Crippen LogP contribution in [0.25, 0.3) is 5.70 Å². The number of rotatable bonds is 6. The Hall–Kier alpha value is -2.94. The molecule has 1 aromatic rings. The van der Waals surface area contributed by atoms with Gasteiger partial charge in [-0.05, 0) is 55.5 Å². The van der Waals surface area contributed by atoms with Crippen LogP contribution in [-0.2, 0) is 12.8 Å². The lowest BCUT2D eigenvalue weighted by Crippen LogP contribution is -2.38. The minimum atomic E-state index is 0.0424. The first-order valence-electron chi connectivity index (χ1n) is 10.2. The van der Waals surface area contributed by atoms with Gasteiger partial charge in [-0.1, -0.05) is 56.4 Å². The average molecular weight is 390 g/mol. The quantitative estimate of drug-likeness (QED) is 0.460. The van der Waals surface area contributed by atoms with E-state index < -0.39 is 0 Å². The van der Waals surface area contributed by atoms with E-state index in [0.717, 1.165) is 41.8 Å². The van der Waals surface area contributed by atoms with E-state index in [9.17, 15) is 5.11 Å². The number of fused-ring (bicyclic) bond motifs is 3. The van der Waals surface area contributed by atoms with Crippen molar-refractivity contribution in [3.05, 3.63) is 95.0 Å². The summed E-state index contributed by atoms with van der Waals surface area (Å²) in [5.41, 5.74) is 7.53. The van der Waals surface area contributed by atoms with Gasteiger partial charge in [-0.25, -0.2) is 0 Å². The minimum absolute atomic E-state index is 0.0424. The van der Waals surface area contributed by atoms with Gasteiger partial charge in [0.25, 0.3) is 0 Å². The van der Waals surface area contributed by atoms with Crippen LogP contribution in [-0.4, -0.2) is 23.2 Å². The highest BCUT2D eigenvalue weighted by molar-refractivity contribution is 5.78. The molecule has 3 rings (SSSR count). The molecule has 29 heavy (non-hydrogen) atoms. The van der Waals surface area contributed by atoms with Crippen molar-refractivity contribution in [1.82, 2.24) is 4.90 Å². The molecule has 2 heterocycles. The lowest BCUT2D eigenvalue weighted by atomic mass is 9.84. The Morgan fingerprint density at radius 1 is 1.38 bits per heavy atom. The Balaban J connectivity index is 2.19. The van der Waals surface area contributed by atoms with Crippen molar-refractivity contribution < 1.29 is 9.84 Å². The molecule has 0 aromatic heterocycles. The molecule has 0 aliphatic carbocycles. The first-order chi connectivity index (χ1) is 13.9. The fourth-order valence-electron chi connectivity index (χ4n) is 4.13. The molecule has 0 bridgehead atoms. The molecule has 3 nitrogen and oxygen atoms in total. The fourth-order valence-corrected chi connectivity index (χ4v) is 4.13. The Labute approximate surface area is 174 Å². The van der Waals surface area contributed by atoms with E-state index in [1.165, 1.54) is 16.7 Å². The first kappa shape index (κ1) is 20.8. The van der Waals surface area contributed by atoms with Crippen LogP contribution in [0, 0.1) is 0 Å². The fraction of sp³-hybridized carbons (Fsp3) is 0.308. The zero-order valence-corrected chi connectivity index (χ0v) is 18.0. The first-order valence-corrected chi connectivity index (χ1v) is 10.2. The number of hydrogen-bond acceptors (Lipinski definition) is 3. The second kappa shape index (κ2) is 8.60. The smallest absolute Gasteiger partial charge is 0.122 e. The van der Waals surface area contributed by atoms with Crippen molar-refractivity contribution in [2.45, 2.75) is 46.1 Å². The third-order valence-corrected chi connectivity index (χ3v) is 5.64. The summed E-state index contributed by atoms with van der Waals surface area (Å²) in [6, 6.07) is 4.62. The third-order valence-electron chi connectivity index (χ3n) is 5.64. The molecule has 152 valence electrons. The summed E-state index contributed by atoms with van der Waals surface area (Å²) in [7, 11) is 1.73. The minimum Gasteiger partial charge on any atom is -0.508 e. The van der Waals surface area contributed by atoms with Crippen molar-refractivity contribution in [3.8, 4) is 5.75 Å². The number of benzene rings is 1. The highest BCUT2D eigenvalue weighted by atomic mass is 16.5. The van der Waals surface area contributed by atoms with Gasteiger partial charge in [0.1, 0.15) is 11.5 Å². The van der Waals surface area contributed by atoms with E-state index in [1.54, 1.807) is 7.11 Å². The van der Waals surface area contributed by atoms with Gasteiger partial charge in [-0.3, -0.25) is 0 Å². The summed E-state index contributed by atoms with van der Waals surface area (Å²) in [4.78, 5) is 2.24. The predicted molar refractivity (Wildman–Crippen MR) is 122 cm³/mol. The summed E-state index contributed by atoms with van der Waals surface area (Å²) in [6.45, 7) is 14.2. The molecule has 0 amide bonds. The molecule has 1 aromatic carbocycles. The zero-order valence-electron chi connectivity index (χ0n) is 18.0. The topological polar surface area (TPSA) is 32.7 Å². The summed E-state index contributed by atoms with van der Waals surface area (Å²) < 4.78 is 5.70. The number of hydrogen-bond donors (Lipinski definition) is 1. The largest absolute Gasteiger partial charge is 0.508 e. The third kappa shape index (κ3) is 3.95. The van der Waals surface area contributed by atoms with Crippen LogP contribution in [0.5, 0.6) is 5.75 Å². The van der Waals surface area contributed by atoms with Gasteiger partial charge >= 0.3 is 0 Å². The number of nitrogens with zero attached hydrogens (tertiary/aromatic N) is 1. The van der Waals surface area contributed by atoms with Crippen LogP contribution >= 0.6 is 0 Å². The van der Waals surface area contributed by atoms with Crippen LogP contribution in [0.4, 0.5) is 0 Å². The summed E-state index contributed by atoms with van der Waals surface area (Å²) in [5, 5.41) is 10.1. The van der Waals surface area contributed by atoms with Gasteiger partial charge in [0.15, 0.2) is 0 Å². The van der Waals surface area contributed by atoms with E-state index in [-0.39, 0.29) is 11.8 Å². The number of allylic oxidation sites excluding steroid dienone is 5. The van der Waals surface area contributed by atoms with Crippen molar-refractivity contribution in [3.63, 3.8) is 0 Å². The van der Waals surface area contributed by atoms with E-state index in [0.29, 0.717) is 5.57 Å². The summed E-state index contributed by atoms with van der Waals surface area (Å²) in [5.74, 6) is 0.971. The molecule has 0 spiro atoms. The highest BCUT2D eigenvalue weighted by Gasteiger charge is 2.33. The van der Waals surface area contributed by atoms with Crippen LogP contribution in [0.15, 0.2) is 78.3 Å². The number of aliphatic hydroxyl groups excluding tert-OH is 1. The molecule has 1 N–H and O–H groups in total. The zero-order chi connectivity index (χ0) is 21.1. The van der Waals surface area contributed by atoms with E-state index in [4.69, 9.17) is 4.74 Å². The van der Waals surface area contributed by atoms with Crippen LogP contribution in [0.1, 0.15) is 43.9 Å². The van der Waals surface area contributed by atoms with Gasteiger partial charge in [0, 0.05) is 23.0 Å². The van der Waals surface area contributed by atoms with Crippen LogP contribution in [0.3, 0.4) is 0 Å². The maximum absolute atomic E-state index is 10.1. The molecule has 0 saturated heterocycles. The lowest BCUT2D eigenvalue weighted by molar-refractivity contribution is 0.388. The van der Waals surface area contributed by atoms with Crippen molar-refractivity contribution in [2.75, 3.05) is 7.11 Å². The standard InChI is InChI=1S/C26H31NO2/c1-7-9-11-17(3)24-14-21-13-20(10-8-2)26(29-6)15-22(21)25-12-18(4)23(19(5)28)16-27(24)25/h7,9,11-13,15-16,24,28H,4-5,8,10,14H2,1-3,6H3/b9-7-,17-11+. The average Bonchev–Trinajstić information content (AvgIpc) is 2.70. The molecule has 0 radical (unpaired) electrons. The second-order valence-electron chi connectivity index (χ2n) is 7.68. The van der Waals surface area contributed by atoms with Gasteiger partial charge < -0.3 is 14.7 Å². The van der Waals surface area contributed by atoms with E-state index >= 15 is 0 Å². The van der Waals surface area contributed by atoms with Crippen LogP contribution in [0.2, 0.25) is 0 Å². The van der Waals surface area contributed by atoms with Gasteiger partial charge in [-0.15, -0.1) is 0 Å². The number of aryl methyl sites for hydroxylation is 1. The SMILES string of the molecule is C=C(O)C1=CN2C(=CC1=C)c1cc(OC)c(CCC)cc1CC2/C(C)=C/C=C\C. The Kier molecular flexibility index (Phi) is 6.17. The number of methoxy groups -OCH3 is 1. The van der Waals surface area contributed by atoms with Crippen molar-refractivity contribution in [2.24, 2.45) is 0 Å². The highest BCUT2D eigenvalue weighted by Crippen LogP contribution is 2.42. The second-order valence-corrected chi connectivity index (χ2v) is 7.68. The monoisotopic (exact) mass is 389 g/mol. The maximum Gasteiger partial charge on any atom is 0.122 e.